The van der Waals surface area contributed by atoms with Crippen molar-refractivity contribution in [2.45, 2.75) is 70.3 Å². The van der Waals surface area contributed by atoms with Gasteiger partial charge in [-0.1, -0.05) is 36.6 Å². The first-order chi connectivity index (χ1) is 16.5. The topological polar surface area (TPSA) is 53.5 Å². The molecule has 2 amide bonds. The standard InChI is InChI=1S/C28H34ClN3O2/c1-19-12-13-23(28(34)32-16-6-8-20-7-2-5-11-25(20)32)26(30-19)21-14-17-31(18-15-21)27(33)22-9-3-4-10-24(22)29/h3-4,9-10,12-13,20-21,25H,2,5-8,11,14-18H2,1H3. The highest BCUT2D eigenvalue weighted by molar-refractivity contribution is 6.33. The van der Waals surface area contributed by atoms with Crippen LogP contribution in [-0.4, -0.2) is 52.3 Å². The zero-order valence-electron chi connectivity index (χ0n) is 20.0. The van der Waals surface area contributed by atoms with Crippen molar-refractivity contribution in [3.8, 4) is 0 Å². The zero-order valence-corrected chi connectivity index (χ0v) is 20.8. The molecule has 1 saturated carbocycles. The van der Waals surface area contributed by atoms with E-state index in [0.29, 0.717) is 35.6 Å². The summed E-state index contributed by atoms with van der Waals surface area (Å²) in [4.78, 5) is 35.8. The lowest BCUT2D eigenvalue weighted by Crippen LogP contribution is -2.50. The van der Waals surface area contributed by atoms with Crippen LogP contribution in [0.5, 0.6) is 0 Å². The van der Waals surface area contributed by atoms with Crippen LogP contribution in [0.1, 0.15) is 89.4 Å². The molecule has 6 heteroatoms. The summed E-state index contributed by atoms with van der Waals surface area (Å²) in [5.74, 6) is 0.983. The Morgan fingerprint density at radius 1 is 0.853 bits per heavy atom. The van der Waals surface area contributed by atoms with Gasteiger partial charge in [0, 0.05) is 37.3 Å². The average molecular weight is 480 g/mol. The van der Waals surface area contributed by atoms with Crippen LogP contribution in [0.25, 0.3) is 0 Å². The molecule has 0 spiro atoms. The first kappa shape index (κ1) is 23.3. The van der Waals surface area contributed by atoms with Gasteiger partial charge in [0.2, 0.25) is 0 Å². The van der Waals surface area contributed by atoms with Crippen molar-refractivity contribution >= 4 is 23.4 Å². The molecule has 2 unspecified atom stereocenters. The number of fused-ring (bicyclic) bond motifs is 1. The Hall–Kier alpha value is -2.40. The first-order valence-electron chi connectivity index (χ1n) is 12.8. The minimum atomic E-state index is -0.0193. The predicted molar refractivity (Wildman–Crippen MR) is 134 cm³/mol. The lowest BCUT2D eigenvalue weighted by Gasteiger charge is -2.44. The quantitative estimate of drug-likeness (QED) is 0.554. The molecule has 34 heavy (non-hydrogen) atoms. The lowest BCUT2D eigenvalue weighted by atomic mass is 9.78. The molecule has 0 bridgehead atoms. The highest BCUT2D eigenvalue weighted by atomic mass is 35.5. The third-order valence-electron chi connectivity index (χ3n) is 8.07. The number of amides is 2. The lowest BCUT2D eigenvalue weighted by molar-refractivity contribution is 0.0387. The molecule has 3 aliphatic rings. The maximum Gasteiger partial charge on any atom is 0.255 e. The van der Waals surface area contributed by atoms with Crippen molar-refractivity contribution in [1.29, 1.82) is 0 Å². The Morgan fingerprint density at radius 3 is 2.38 bits per heavy atom. The van der Waals surface area contributed by atoms with Crippen molar-refractivity contribution < 1.29 is 9.59 Å². The molecule has 0 N–H and O–H groups in total. The summed E-state index contributed by atoms with van der Waals surface area (Å²) in [5.41, 5.74) is 3.19. The fourth-order valence-corrected chi connectivity index (χ4v) is 6.48. The number of nitrogens with zero attached hydrogens (tertiary/aromatic N) is 3. The van der Waals surface area contributed by atoms with Crippen LogP contribution in [0.3, 0.4) is 0 Å². The molecule has 1 aromatic heterocycles. The molecule has 1 aliphatic carbocycles. The van der Waals surface area contributed by atoms with Gasteiger partial charge in [-0.3, -0.25) is 14.6 Å². The summed E-state index contributed by atoms with van der Waals surface area (Å²) in [7, 11) is 0. The molecule has 0 radical (unpaired) electrons. The number of rotatable bonds is 3. The van der Waals surface area contributed by atoms with Crippen molar-refractivity contribution in [3.05, 3.63) is 63.9 Å². The molecule has 3 heterocycles. The van der Waals surface area contributed by atoms with Crippen LogP contribution in [0.15, 0.2) is 36.4 Å². The Labute approximate surface area is 207 Å². The number of benzene rings is 1. The minimum absolute atomic E-state index is 0.0193. The van der Waals surface area contributed by atoms with Crippen LogP contribution in [0.4, 0.5) is 0 Å². The van der Waals surface area contributed by atoms with E-state index in [1.807, 2.05) is 36.1 Å². The molecule has 2 aliphatic heterocycles. The van der Waals surface area contributed by atoms with Crippen molar-refractivity contribution in [2.24, 2.45) is 5.92 Å². The van der Waals surface area contributed by atoms with Crippen LogP contribution in [-0.2, 0) is 0 Å². The van der Waals surface area contributed by atoms with Crippen LogP contribution in [0, 0.1) is 12.8 Å². The molecular formula is C28H34ClN3O2. The molecule has 2 saturated heterocycles. The van der Waals surface area contributed by atoms with Gasteiger partial charge >= 0.3 is 0 Å². The second-order valence-corrected chi connectivity index (χ2v) is 10.6. The van der Waals surface area contributed by atoms with Gasteiger partial charge in [0.15, 0.2) is 0 Å². The highest BCUT2D eigenvalue weighted by Gasteiger charge is 2.37. The normalized spacial score (nSPS) is 23.5. The third-order valence-corrected chi connectivity index (χ3v) is 8.40. The SMILES string of the molecule is Cc1ccc(C(=O)N2CCCC3CCCCC32)c(C2CCN(C(=O)c3ccccc3Cl)CC2)n1. The van der Waals surface area contributed by atoms with E-state index in [-0.39, 0.29) is 17.7 Å². The summed E-state index contributed by atoms with van der Waals surface area (Å²) >= 11 is 6.26. The van der Waals surface area contributed by atoms with Gasteiger partial charge < -0.3 is 9.80 Å². The van der Waals surface area contributed by atoms with E-state index in [1.165, 1.54) is 25.7 Å². The van der Waals surface area contributed by atoms with Gasteiger partial charge in [0.05, 0.1) is 21.8 Å². The van der Waals surface area contributed by atoms with E-state index in [2.05, 4.69) is 4.90 Å². The fraction of sp³-hybridized carbons (Fsp3) is 0.536. The van der Waals surface area contributed by atoms with E-state index >= 15 is 0 Å². The number of carbonyl (C=O) groups is 2. The zero-order chi connectivity index (χ0) is 23.7. The largest absolute Gasteiger partial charge is 0.339 e. The van der Waals surface area contributed by atoms with Crippen molar-refractivity contribution in [3.63, 3.8) is 0 Å². The highest BCUT2D eigenvalue weighted by Crippen LogP contribution is 2.37. The smallest absolute Gasteiger partial charge is 0.255 e. The number of piperidine rings is 2. The second kappa shape index (κ2) is 10.1. The number of pyridine rings is 1. The number of carbonyl (C=O) groups excluding carboxylic acids is 2. The van der Waals surface area contributed by atoms with Gasteiger partial charge in [-0.2, -0.15) is 0 Å². The number of hydrogen-bond acceptors (Lipinski definition) is 3. The van der Waals surface area contributed by atoms with E-state index < -0.39 is 0 Å². The van der Waals surface area contributed by atoms with E-state index in [4.69, 9.17) is 16.6 Å². The third kappa shape index (κ3) is 4.59. The molecule has 2 atom stereocenters. The Bertz CT molecular complexity index is 1060. The van der Waals surface area contributed by atoms with Gasteiger partial charge in [-0.05, 0) is 75.6 Å². The van der Waals surface area contributed by atoms with E-state index in [0.717, 1.165) is 49.2 Å². The second-order valence-electron chi connectivity index (χ2n) is 10.2. The number of aryl methyl sites for hydroxylation is 1. The van der Waals surface area contributed by atoms with Gasteiger partial charge in [0.25, 0.3) is 11.8 Å². The van der Waals surface area contributed by atoms with Gasteiger partial charge in [-0.15, -0.1) is 0 Å². The molecule has 3 fully saturated rings. The van der Waals surface area contributed by atoms with Crippen molar-refractivity contribution in [1.82, 2.24) is 14.8 Å². The molecular weight excluding hydrogens is 446 g/mol. The monoisotopic (exact) mass is 479 g/mol. The average Bonchev–Trinajstić information content (AvgIpc) is 2.88. The van der Waals surface area contributed by atoms with Crippen LogP contribution in [0.2, 0.25) is 5.02 Å². The van der Waals surface area contributed by atoms with Crippen LogP contribution < -0.4 is 0 Å². The van der Waals surface area contributed by atoms with E-state index in [1.54, 1.807) is 12.1 Å². The van der Waals surface area contributed by atoms with Gasteiger partial charge in [0.1, 0.15) is 0 Å². The summed E-state index contributed by atoms with van der Waals surface area (Å²) in [6, 6.07) is 11.6. The Morgan fingerprint density at radius 2 is 1.59 bits per heavy atom. The maximum atomic E-state index is 13.8. The number of halogens is 1. The van der Waals surface area contributed by atoms with Crippen LogP contribution >= 0.6 is 11.6 Å². The number of aromatic nitrogens is 1. The molecule has 2 aromatic rings. The fourth-order valence-electron chi connectivity index (χ4n) is 6.26. The summed E-state index contributed by atoms with van der Waals surface area (Å²) in [6.07, 6.45) is 8.88. The summed E-state index contributed by atoms with van der Waals surface area (Å²) in [5, 5.41) is 0.491. The van der Waals surface area contributed by atoms with Crippen molar-refractivity contribution in [2.75, 3.05) is 19.6 Å². The maximum absolute atomic E-state index is 13.8. The predicted octanol–water partition coefficient (Wildman–Crippen LogP) is 5.86. The summed E-state index contributed by atoms with van der Waals surface area (Å²) in [6.45, 7) is 4.14. The molecule has 1 aromatic carbocycles. The number of hydrogen-bond donors (Lipinski definition) is 0. The van der Waals surface area contributed by atoms with Gasteiger partial charge in [-0.25, -0.2) is 0 Å². The first-order valence-corrected chi connectivity index (χ1v) is 13.2. The molecule has 5 nitrogen and oxygen atoms in total. The molecule has 180 valence electrons. The minimum Gasteiger partial charge on any atom is -0.339 e. The van der Waals surface area contributed by atoms with E-state index in [9.17, 15) is 9.59 Å². The molecule has 5 rings (SSSR count). The summed E-state index contributed by atoms with van der Waals surface area (Å²) < 4.78 is 0. The Kier molecular flexibility index (Phi) is 6.91. The Balaban J connectivity index is 1.33. The number of likely N-dealkylation sites (tertiary alicyclic amines) is 2.